The van der Waals surface area contributed by atoms with E-state index in [4.69, 9.17) is 5.11 Å². The van der Waals surface area contributed by atoms with E-state index in [1.165, 1.54) is 0 Å². The molecule has 0 saturated heterocycles. The number of carbonyl (C=O) groups excluding carboxylic acids is 2. The molecule has 0 aromatic carbocycles. The van der Waals surface area contributed by atoms with E-state index in [-0.39, 0.29) is 59.1 Å². The van der Waals surface area contributed by atoms with Crippen LogP contribution in [0.4, 0.5) is 0 Å². The Morgan fingerprint density at radius 3 is 1.40 bits per heavy atom. The van der Waals surface area contributed by atoms with Crippen molar-refractivity contribution in [2.45, 2.75) is 26.2 Å². The van der Waals surface area contributed by atoms with Crippen molar-refractivity contribution >= 4 is 17.9 Å². The molecule has 15 heavy (non-hydrogen) atoms. The molecular formula is C7H10Na2O6. The molecule has 0 rings (SSSR count). The van der Waals surface area contributed by atoms with Crippen LogP contribution in [-0.2, 0) is 14.4 Å². The Balaban J connectivity index is -0.0000000718. The molecule has 0 bridgehead atoms. The van der Waals surface area contributed by atoms with Gasteiger partial charge in [0, 0.05) is 24.8 Å². The van der Waals surface area contributed by atoms with E-state index < -0.39 is 24.3 Å². The van der Waals surface area contributed by atoms with Gasteiger partial charge in [0.05, 0.1) is 0 Å². The fourth-order valence-electron chi connectivity index (χ4n) is 0.332. The SMILES string of the molecule is CCCC(=O)O.O=C([O-])CC(=O)[O-].[Na+].[Na+]. The third-order valence-corrected chi connectivity index (χ3v) is 0.753. The number of carbonyl (C=O) groups is 3. The van der Waals surface area contributed by atoms with Crippen LogP contribution in [0, 0.1) is 0 Å². The Bertz CT molecular complexity index is 182. The van der Waals surface area contributed by atoms with E-state index in [1.807, 2.05) is 6.92 Å². The van der Waals surface area contributed by atoms with Crippen LogP contribution in [-0.4, -0.2) is 23.0 Å². The first-order valence-electron chi connectivity index (χ1n) is 3.51. The van der Waals surface area contributed by atoms with E-state index in [0.717, 1.165) is 6.42 Å². The minimum Gasteiger partial charge on any atom is -0.550 e. The zero-order valence-electron chi connectivity index (χ0n) is 9.11. The van der Waals surface area contributed by atoms with E-state index in [0.29, 0.717) is 6.42 Å². The Kier molecular flexibility index (Phi) is 27.6. The zero-order chi connectivity index (χ0) is 10.9. The van der Waals surface area contributed by atoms with Crippen LogP contribution in [0.5, 0.6) is 0 Å². The Hall–Kier alpha value is 0.410. The summed E-state index contributed by atoms with van der Waals surface area (Å²) in [6.07, 6.45) is -0.00463. The number of hydrogen-bond acceptors (Lipinski definition) is 5. The second-order valence-corrected chi connectivity index (χ2v) is 2.06. The fraction of sp³-hybridized carbons (Fsp3) is 0.571. The predicted octanol–water partition coefficient (Wildman–Crippen LogP) is -8.24. The molecule has 0 radical (unpaired) electrons. The molecule has 0 aliphatic rings. The Morgan fingerprint density at radius 2 is 1.40 bits per heavy atom. The summed E-state index contributed by atoms with van der Waals surface area (Å²) in [5, 5.41) is 26.5. The van der Waals surface area contributed by atoms with Gasteiger partial charge in [-0.25, -0.2) is 0 Å². The minimum absolute atomic E-state index is 0. The van der Waals surface area contributed by atoms with Crippen molar-refractivity contribution in [3.63, 3.8) is 0 Å². The summed E-state index contributed by atoms with van der Waals surface area (Å²) in [7, 11) is 0. The van der Waals surface area contributed by atoms with Crippen LogP contribution in [0.15, 0.2) is 0 Å². The van der Waals surface area contributed by atoms with Gasteiger partial charge in [0.1, 0.15) is 0 Å². The summed E-state index contributed by atoms with van der Waals surface area (Å²) >= 11 is 0. The summed E-state index contributed by atoms with van der Waals surface area (Å²) < 4.78 is 0. The first kappa shape index (κ1) is 24.6. The molecule has 0 heterocycles. The molecule has 8 heteroatoms. The van der Waals surface area contributed by atoms with Crippen molar-refractivity contribution in [2.75, 3.05) is 0 Å². The molecule has 76 valence electrons. The average molecular weight is 236 g/mol. The first-order valence-corrected chi connectivity index (χ1v) is 3.51. The van der Waals surface area contributed by atoms with Crippen LogP contribution in [0.2, 0.25) is 0 Å². The molecule has 0 aliphatic heterocycles. The largest absolute Gasteiger partial charge is 1.00 e. The number of carboxylic acid groups (broad SMARTS) is 3. The van der Waals surface area contributed by atoms with Gasteiger partial charge >= 0.3 is 65.1 Å². The summed E-state index contributed by atoms with van der Waals surface area (Å²) in [6.45, 7) is 1.84. The maximum absolute atomic E-state index is 9.60. The van der Waals surface area contributed by atoms with Crippen molar-refractivity contribution in [1.29, 1.82) is 0 Å². The van der Waals surface area contributed by atoms with Gasteiger partial charge in [-0.2, -0.15) is 0 Å². The van der Waals surface area contributed by atoms with Gasteiger partial charge in [-0.1, -0.05) is 6.92 Å². The summed E-state index contributed by atoms with van der Waals surface area (Å²) in [6, 6.07) is 0. The summed E-state index contributed by atoms with van der Waals surface area (Å²) in [5.41, 5.74) is 0. The molecule has 0 amide bonds. The monoisotopic (exact) mass is 236 g/mol. The second kappa shape index (κ2) is 16.8. The summed E-state index contributed by atoms with van der Waals surface area (Å²) in [5.74, 6) is -3.96. The molecule has 0 saturated carbocycles. The molecule has 0 aliphatic carbocycles. The van der Waals surface area contributed by atoms with Gasteiger partial charge in [0.25, 0.3) is 0 Å². The van der Waals surface area contributed by atoms with Crippen LogP contribution in [0.1, 0.15) is 26.2 Å². The fourth-order valence-corrected chi connectivity index (χ4v) is 0.332. The molecule has 6 nitrogen and oxygen atoms in total. The second-order valence-electron chi connectivity index (χ2n) is 2.06. The van der Waals surface area contributed by atoms with Gasteiger partial charge in [-0.15, -0.1) is 0 Å². The number of carboxylic acids is 3. The third kappa shape index (κ3) is 40.4. The van der Waals surface area contributed by atoms with Gasteiger partial charge in [-0.05, 0) is 6.42 Å². The van der Waals surface area contributed by atoms with Crippen LogP contribution in [0.3, 0.4) is 0 Å². The number of aliphatic carboxylic acids is 3. The van der Waals surface area contributed by atoms with E-state index in [2.05, 4.69) is 0 Å². The average Bonchev–Trinajstić information content (AvgIpc) is 1.83. The van der Waals surface area contributed by atoms with Crippen molar-refractivity contribution in [3.8, 4) is 0 Å². The van der Waals surface area contributed by atoms with Crippen LogP contribution < -0.4 is 69.3 Å². The molecule has 0 unspecified atom stereocenters. The van der Waals surface area contributed by atoms with E-state index in [1.54, 1.807) is 0 Å². The van der Waals surface area contributed by atoms with Crippen LogP contribution >= 0.6 is 0 Å². The van der Waals surface area contributed by atoms with Crippen LogP contribution in [0.25, 0.3) is 0 Å². The number of hydrogen-bond donors (Lipinski definition) is 1. The van der Waals surface area contributed by atoms with Crippen molar-refractivity contribution in [3.05, 3.63) is 0 Å². The molecule has 0 fully saturated rings. The van der Waals surface area contributed by atoms with E-state index in [9.17, 15) is 24.6 Å². The molecule has 0 aromatic heterocycles. The third-order valence-electron chi connectivity index (χ3n) is 0.753. The Morgan fingerprint density at radius 1 is 1.07 bits per heavy atom. The quantitative estimate of drug-likeness (QED) is 0.382. The first-order chi connectivity index (χ1) is 5.90. The van der Waals surface area contributed by atoms with Gasteiger partial charge in [0.2, 0.25) is 0 Å². The van der Waals surface area contributed by atoms with E-state index >= 15 is 0 Å². The maximum Gasteiger partial charge on any atom is 1.00 e. The molecule has 0 aromatic rings. The van der Waals surface area contributed by atoms with Crippen molar-refractivity contribution in [1.82, 2.24) is 0 Å². The van der Waals surface area contributed by atoms with Gasteiger partial charge in [-0.3, -0.25) is 4.79 Å². The molecule has 0 atom stereocenters. The van der Waals surface area contributed by atoms with Crippen molar-refractivity contribution in [2.24, 2.45) is 0 Å². The predicted molar refractivity (Wildman–Crippen MR) is 37.2 cm³/mol. The normalized spacial score (nSPS) is 7.00. The minimum atomic E-state index is -1.63. The van der Waals surface area contributed by atoms with Gasteiger partial charge in [0.15, 0.2) is 0 Å². The standard InChI is InChI=1S/C4H8O2.C3H4O4.2Na/c1-2-3-4(5)6;4-2(5)1-3(6)7;;/h2-3H2,1H3,(H,5,6);1H2,(H,4,5)(H,6,7);;/q;;2*+1/p-2. The zero-order valence-corrected chi connectivity index (χ0v) is 13.1. The molecule has 0 spiro atoms. The maximum atomic E-state index is 9.60. The molecular weight excluding hydrogens is 226 g/mol. The summed E-state index contributed by atoms with van der Waals surface area (Å²) in [4.78, 5) is 28.2. The Labute approximate surface area is 132 Å². The number of rotatable bonds is 4. The topological polar surface area (TPSA) is 118 Å². The van der Waals surface area contributed by atoms with Gasteiger partial charge < -0.3 is 24.9 Å². The molecule has 1 N–H and O–H groups in total. The smallest absolute Gasteiger partial charge is 0.550 e. The van der Waals surface area contributed by atoms with Crippen molar-refractivity contribution < 1.29 is 88.8 Å².